The Morgan fingerprint density at radius 1 is 1.08 bits per heavy atom. The predicted molar refractivity (Wildman–Crippen MR) is 96.2 cm³/mol. The molecule has 1 aromatic carbocycles. The second-order valence-corrected chi connectivity index (χ2v) is 9.22. The zero-order valence-electron chi connectivity index (χ0n) is 14.2. The van der Waals surface area contributed by atoms with E-state index in [1.807, 2.05) is 0 Å². The smallest absolute Gasteiger partial charge is 0.238 e. The lowest BCUT2D eigenvalue weighted by Crippen LogP contribution is -2.45. The van der Waals surface area contributed by atoms with Crippen LogP contribution in [0.3, 0.4) is 0 Å². The van der Waals surface area contributed by atoms with E-state index in [2.05, 4.69) is 11.4 Å². The molecule has 1 fully saturated rings. The first-order valence-electron chi connectivity index (χ1n) is 8.92. The highest BCUT2D eigenvalue weighted by atomic mass is 32.2. The van der Waals surface area contributed by atoms with E-state index in [1.165, 1.54) is 12.1 Å². The molecule has 0 saturated carbocycles. The van der Waals surface area contributed by atoms with E-state index in [0.717, 1.165) is 36.8 Å². The van der Waals surface area contributed by atoms with E-state index in [4.69, 9.17) is 0 Å². The van der Waals surface area contributed by atoms with Gasteiger partial charge in [0.1, 0.15) is 11.1 Å². The monoisotopic (exact) mass is 365 g/mol. The lowest BCUT2D eigenvalue weighted by Gasteiger charge is -2.25. The number of allylic oxidation sites excluding steroid dienone is 1. The molecule has 1 aromatic rings. The van der Waals surface area contributed by atoms with Crippen molar-refractivity contribution < 1.29 is 17.6 Å². The Bertz CT molecular complexity index is 755. The van der Waals surface area contributed by atoms with Gasteiger partial charge in [0.25, 0.3) is 0 Å². The molecule has 3 rings (SSSR count). The number of hydrogen-bond donors (Lipinski definition) is 1. The Labute approximate surface area is 148 Å². The summed E-state index contributed by atoms with van der Waals surface area (Å²) < 4.78 is 37.5. The summed E-state index contributed by atoms with van der Waals surface area (Å²) in [6.45, 7) is 0. The van der Waals surface area contributed by atoms with Gasteiger partial charge >= 0.3 is 0 Å². The largest absolute Gasteiger partial charge is 0.352 e. The Morgan fingerprint density at radius 3 is 2.52 bits per heavy atom. The van der Waals surface area contributed by atoms with Crippen LogP contribution < -0.4 is 5.32 Å². The van der Waals surface area contributed by atoms with Crippen LogP contribution >= 0.6 is 0 Å². The molecule has 0 spiro atoms. The third-order valence-corrected chi connectivity index (χ3v) is 7.27. The molecule has 25 heavy (non-hydrogen) atoms. The summed E-state index contributed by atoms with van der Waals surface area (Å²) in [4.78, 5) is 12.5. The SMILES string of the molecule is O=C(NC1CC=C(c2ccc(F)cc2)CC1)C1CCCCCS1(=O)=O. The number of carbonyl (C=O) groups excluding carboxylic acids is 1. The fourth-order valence-corrected chi connectivity index (χ4v) is 5.42. The third kappa shape index (κ3) is 4.48. The molecule has 1 amide bonds. The first kappa shape index (κ1) is 18.1. The van der Waals surface area contributed by atoms with E-state index in [-0.39, 0.29) is 23.5 Å². The molecule has 0 radical (unpaired) electrons. The van der Waals surface area contributed by atoms with Gasteiger partial charge in [-0.15, -0.1) is 0 Å². The summed E-state index contributed by atoms with van der Waals surface area (Å²) in [5, 5.41) is 2.04. The summed E-state index contributed by atoms with van der Waals surface area (Å²) in [6.07, 6.45) is 7.02. The van der Waals surface area contributed by atoms with Gasteiger partial charge in [0, 0.05) is 6.04 Å². The van der Waals surface area contributed by atoms with Crippen LogP contribution in [0, 0.1) is 5.82 Å². The number of amides is 1. The molecule has 2 unspecified atom stereocenters. The zero-order valence-corrected chi connectivity index (χ0v) is 15.0. The topological polar surface area (TPSA) is 63.2 Å². The molecule has 136 valence electrons. The molecule has 2 aliphatic rings. The highest BCUT2D eigenvalue weighted by Gasteiger charge is 2.34. The molecule has 1 aliphatic carbocycles. The van der Waals surface area contributed by atoms with Crippen molar-refractivity contribution in [1.29, 1.82) is 0 Å². The van der Waals surface area contributed by atoms with Crippen LogP contribution in [0.1, 0.15) is 50.5 Å². The van der Waals surface area contributed by atoms with Crippen molar-refractivity contribution in [2.45, 2.75) is 56.2 Å². The Hall–Kier alpha value is -1.69. The molecule has 2 atom stereocenters. The van der Waals surface area contributed by atoms with E-state index >= 15 is 0 Å². The van der Waals surface area contributed by atoms with Gasteiger partial charge < -0.3 is 5.32 Å². The number of nitrogens with one attached hydrogen (secondary N) is 1. The van der Waals surface area contributed by atoms with E-state index in [0.29, 0.717) is 19.3 Å². The standard InChI is InChI=1S/C19H24FNO3S/c20-16-9-5-14(6-10-16)15-7-11-17(12-8-15)21-19(22)18-4-2-1-3-13-25(18,23)24/h5-7,9-10,17-18H,1-4,8,11-13H2,(H,21,22). The molecular weight excluding hydrogens is 341 g/mol. The predicted octanol–water partition coefficient (Wildman–Crippen LogP) is 3.24. The van der Waals surface area contributed by atoms with Crippen LogP contribution in [-0.4, -0.2) is 31.4 Å². The number of sulfone groups is 1. The van der Waals surface area contributed by atoms with Crippen molar-refractivity contribution in [3.8, 4) is 0 Å². The van der Waals surface area contributed by atoms with Crippen molar-refractivity contribution in [3.05, 3.63) is 41.7 Å². The van der Waals surface area contributed by atoms with Gasteiger partial charge in [-0.1, -0.05) is 31.1 Å². The number of halogens is 1. The number of rotatable bonds is 3. The van der Waals surface area contributed by atoms with Crippen LogP contribution in [0.15, 0.2) is 30.3 Å². The van der Waals surface area contributed by atoms with Crippen molar-refractivity contribution in [3.63, 3.8) is 0 Å². The van der Waals surface area contributed by atoms with Gasteiger partial charge in [-0.25, -0.2) is 12.8 Å². The van der Waals surface area contributed by atoms with Crippen molar-refractivity contribution in [2.24, 2.45) is 0 Å². The third-order valence-electron chi connectivity index (χ3n) is 5.09. The van der Waals surface area contributed by atoms with Gasteiger partial charge in [-0.2, -0.15) is 0 Å². The molecule has 1 saturated heterocycles. The van der Waals surface area contributed by atoms with Crippen molar-refractivity contribution in [1.82, 2.24) is 5.32 Å². The van der Waals surface area contributed by atoms with Crippen LogP contribution in [0.25, 0.3) is 5.57 Å². The van der Waals surface area contributed by atoms with Gasteiger partial charge in [-0.3, -0.25) is 4.79 Å². The first-order chi connectivity index (χ1) is 12.0. The summed E-state index contributed by atoms with van der Waals surface area (Å²) in [5.41, 5.74) is 2.14. The normalized spacial score (nSPS) is 26.4. The Balaban J connectivity index is 1.61. The Kier molecular flexibility index (Phi) is 5.57. The fourth-order valence-electron chi connectivity index (χ4n) is 3.61. The molecule has 4 nitrogen and oxygen atoms in total. The van der Waals surface area contributed by atoms with E-state index in [9.17, 15) is 17.6 Å². The van der Waals surface area contributed by atoms with Gasteiger partial charge in [0.15, 0.2) is 9.84 Å². The minimum absolute atomic E-state index is 0.0323. The van der Waals surface area contributed by atoms with E-state index in [1.54, 1.807) is 12.1 Å². The molecule has 0 aromatic heterocycles. The van der Waals surface area contributed by atoms with Crippen molar-refractivity contribution >= 4 is 21.3 Å². The minimum Gasteiger partial charge on any atom is -0.352 e. The quantitative estimate of drug-likeness (QED) is 0.894. The van der Waals surface area contributed by atoms with Crippen LogP contribution in [0.5, 0.6) is 0 Å². The second kappa shape index (κ2) is 7.68. The molecule has 6 heteroatoms. The lowest BCUT2D eigenvalue weighted by molar-refractivity contribution is -0.121. The maximum atomic E-state index is 13.0. The van der Waals surface area contributed by atoms with E-state index < -0.39 is 15.1 Å². The molecule has 1 heterocycles. The maximum Gasteiger partial charge on any atom is 0.238 e. The van der Waals surface area contributed by atoms with Crippen molar-refractivity contribution in [2.75, 3.05) is 5.75 Å². The van der Waals surface area contributed by atoms with Crippen LogP contribution in [0.2, 0.25) is 0 Å². The van der Waals surface area contributed by atoms with Crippen LogP contribution in [-0.2, 0) is 14.6 Å². The summed E-state index contributed by atoms with van der Waals surface area (Å²) in [5.74, 6) is -0.481. The van der Waals surface area contributed by atoms with Gasteiger partial charge in [0.05, 0.1) is 5.75 Å². The number of benzene rings is 1. The first-order valence-corrected chi connectivity index (χ1v) is 10.6. The number of hydrogen-bond acceptors (Lipinski definition) is 3. The molecule has 1 aliphatic heterocycles. The van der Waals surface area contributed by atoms with Crippen LogP contribution in [0.4, 0.5) is 4.39 Å². The molecule has 0 bridgehead atoms. The zero-order chi connectivity index (χ0) is 17.9. The average molecular weight is 365 g/mol. The molecule has 1 N–H and O–H groups in total. The highest BCUT2D eigenvalue weighted by Crippen LogP contribution is 2.27. The van der Waals surface area contributed by atoms with Gasteiger partial charge in [-0.05, 0) is 55.4 Å². The number of carbonyl (C=O) groups is 1. The second-order valence-electron chi connectivity index (χ2n) is 6.92. The molecular formula is C19H24FNO3S. The fraction of sp³-hybridized carbons (Fsp3) is 0.526. The lowest BCUT2D eigenvalue weighted by atomic mass is 9.90. The average Bonchev–Trinajstić information content (AvgIpc) is 2.77. The summed E-state index contributed by atoms with van der Waals surface area (Å²) >= 11 is 0. The minimum atomic E-state index is -3.33. The summed E-state index contributed by atoms with van der Waals surface area (Å²) in [6, 6.07) is 6.38. The van der Waals surface area contributed by atoms with Gasteiger partial charge in [0.2, 0.25) is 5.91 Å². The summed E-state index contributed by atoms with van der Waals surface area (Å²) in [7, 11) is -3.33. The maximum absolute atomic E-state index is 13.0. The Morgan fingerprint density at radius 2 is 1.84 bits per heavy atom. The highest BCUT2D eigenvalue weighted by molar-refractivity contribution is 7.92.